The van der Waals surface area contributed by atoms with Crippen LogP contribution in [0.4, 0.5) is 5.82 Å². The summed E-state index contributed by atoms with van der Waals surface area (Å²) >= 11 is 1.76. The maximum Gasteiger partial charge on any atom is 0.356 e. The molecule has 0 aromatic carbocycles. The minimum atomic E-state index is -1.07. The van der Waals surface area contributed by atoms with Crippen LogP contribution in [0.1, 0.15) is 27.2 Å². The molecule has 2 aromatic heterocycles. The van der Waals surface area contributed by atoms with Gasteiger partial charge in [-0.25, -0.2) is 14.8 Å². The first kappa shape index (κ1) is 12.5. The summed E-state index contributed by atoms with van der Waals surface area (Å²) in [6.07, 6.45) is 3.71. The highest BCUT2D eigenvalue weighted by molar-refractivity contribution is 7.12. The third-order valence-electron chi connectivity index (χ3n) is 2.38. The van der Waals surface area contributed by atoms with E-state index in [1.54, 1.807) is 11.3 Å². The maximum absolute atomic E-state index is 10.6. The fraction of sp³-hybridized carbons (Fsp3) is 0.250. The predicted molar refractivity (Wildman–Crippen MR) is 70.0 cm³/mol. The van der Waals surface area contributed by atoms with Crippen molar-refractivity contribution in [3.05, 3.63) is 40.0 Å². The molecule has 0 aliphatic rings. The van der Waals surface area contributed by atoms with E-state index in [1.165, 1.54) is 22.1 Å². The highest BCUT2D eigenvalue weighted by Crippen LogP contribution is 2.17. The van der Waals surface area contributed by atoms with Crippen LogP contribution < -0.4 is 5.32 Å². The fourth-order valence-electron chi connectivity index (χ4n) is 1.41. The van der Waals surface area contributed by atoms with Gasteiger partial charge in [0, 0.05) is 9.75 Å². The van der Waals surface area contributed by atoms with E-state index in [4.69, 9.17) is 5.11 Å². The Morgan fingerprint density at radius 2 is 2.11 bits per heavy atom. The van der Waals surface area contributed by atoms with Gasteiger partial charge in [-0.1, -0.05) is 6.92 Å². The topological polar surface area (TPSA) is 75.1 Å². The first-order chi connectivity index (χ1) is 8.69. The zero-order valence-corrected chi connectivity index (χ0v) is 10.7. The first-order valence-corrected chi connectivity index (χ1v) is 6.37. The summed E-state index contributed by atoms with van der Waals surface area (Å²) in [7, 11) is 0. The average molecular weight is 263 g/mol. The standard InChI is InChI=1S/C12H13N3O2S/c1-2-8-3-4-9(18-8)5-14-11-7-13-10(6-15-11)12(16)17/h3-4,6-7H,2,5H2,1H3,(H,14,15)(H,16,17). The predicted octanol–water partition coefficient (Wildman–Crippen LogP) is 2.41. The second-order valence-corrected chi connectivity index (χ2v) is 4.92. The van der Waals surface area contributed by atoms with Crippen LogP contribution >= 0.6 is 11.3 Å². The van der Waals surface area contributed by atoms with Crippen LogP contribution in [-0.2, 0) is 13.0 Å². The Hall–Kier alpha value is -1.95. The Labute approximate surface area is 109 Å². The lowest BCUT2D eigenvalue weighted by molar-refractivity contribution is 0.0690. The number of anilines is 1. The normalized spacial score (nSPS) is 10.3. The molecule has 0 fully saturated rings. The molecule has 94 valence electrons. The van der Waals surface area contributed by atoms with Gasteiger partial charge in [0.25, 0.3) is 0 Å². The van der Waals surface area contributed by atoms with Crippen molar-refractivity contribution in [2.24, 2.45) is 0 Å². The monoisotopic (exact) mass is 263 g/mol. The molecule has 0 spiro atoms. The van der Waals surface area contributed by atoms with E-state index in [2.05, 4.69) is 34.3 Å². The van der Waals surface area contributed by atoms with Gasteiger partial charge < -0.3 is 10.4 Å². The molecule has 2 rings (SSSR count). The summed E-state index contributed by atoms with van der Waals surface area (Å²) in [6.45, 7) is 2.80. The molecule has 0 unspecified atom stereocenters. The number of nitrogens with zero attached hydrogens (tertiary/aromatic N) is 2. The number of hydrogen-bond acceptors (Lipinski definition) is 5. The molecule has 6 heteroatoms. The van der Waals surface area contributed by atoms with Gasteiger partial charge in [-0.2, -0.15) is 0 Å². The smallest absolute Gasteiger partial charge is 0.356 e. The molecule has 0 saturated heterocycles. The molecule has 2 aromatic rings. The highest BCUT2D eigenvalue weighted by atomic mass is 32.1. The van der Waals surface area contributed by atoms with Crippen LogP contribution in [0.2, 0.25) is 0 Å². The Morgan fingerprint density at radius 3 is 2.67 bits per heavy atom. The molecular weight excluding hydrogens is 250 g/mol. The summed E-state index contributed by atoms with van der Waals surface area (Å²) in [5, 5.41) is 11.8. The second-order valence-electron chi connectivity index (χ2n) is 3.67. The zero-order valence-electron chi connectivity index (χ0n) is 9.88. The largest absolute Gasteiger partial charge is 0.476 e. The number of aryl methyl sites for hydroxylation is 1. The van der Waals surface area contributed by atoms with Gasteiger partial charge in [-0.15, -0.1) is 11.3 Å². The fourth-order valence-corrected chi connectivity index (χ4v) is 2.31. The van der Waals surface area contributed by atoms with Crippen molar-refractivity contribution in [2.45, 2.75) is 19.9 Å². The van der Waals surface area contributed by atoms with Crippen molar-refractivity contribution in [1.82, 2.24) is 9.97 Å². The van der Waals surface area contributed by atoms with Crippen molar-refractivity contribution in [1.29, 1.82) is 0 Å². The maximum atomic E-state index is 10.6. The lowest BCUT2D eigenvalue weighted by atomic mass is 10.3. The van der Waals surface area contributed by atoms with Gasteiger partial charge in [0.15, 0.2) is 5.69 Å². The lowest BCUT2D eigenvalue weighted by Gasteiger charge is -2.03. The Morgan fingerprint density at radius 1 is 1.33 bits per heavy atom. The van der Waals surface area contributed by atoms with E-state index in [0.717, 1.165) is 6.42 Å². The van der Waals surface area contributed by atoms with Crippen LogP contribution in [0, 0.1) is 0 Å². The molecule has 0 atom stereocenters. The van der Waals surface area contributed by atoms with Crippen LogP contribution in [-0.4, -0.2) is 21.0 Å². The minimum Gasteiger partial charge on any atom is -0.476 e. The molecule has 0 aliphatic carbocycles. The Balaban J connectivity index is 1.95. The third kappa shape index (κ3) is 3.04. The second kappa shape index (κ2) is 5.59. The van der Waals surface area contributed by atoms with Crippen molar-refractivity contribution < 1.29 is 9.90 Å². The van der Waals surface area contributed by atoms with Gasteiger partial charge in [0.2, 0.25) is 0 Å². The molecular formula is C12H13N3O2S. The van der Waals surface area contributed by atoms with Crippen molar-refractivity contribution in [2.75, 3.05) is 5.32 Å². The van der Waals surface area contributed by atoms with Crippen molar-refractivity contribution >= 4 is 23.1 Å². The van der Waals surface area contributed by atoms with Crippen LogP contribution in [0.5, 0.6) is 0 Å². The van der Waals surface area contributed by atoms with E-state index >= 15 is 0 Å². The highest BCUT2D eigenvalue weighted by Gasteiger charge is 2.05. The van der Waals surface area contributed by atoms with Crippen molar-refractivity contribution in [3.8, 4) is 0 Å². The number of nitrogens with one attached hydrogen (secondary N) is 1. The zero-order chi connectivity index (χ0) is 13.0. The first-order valence-electron chi connectivity index (χ1n) is 5.56. The molecule has 0 bridgehead atoms. The number of carbonyl (C=O) groups is 1. The molecule has 0 amide bonds. The van der Waals surface area contributed by atoms with Crippen LogP contribution in [0.25, 0.3) is 0 Å². The molecule has 2 heterocycles. The van der Waals surface area contributed by atoms with E-state index in [-0.39, 0.29) is 5.69 Å². The van der Waals surface area contributed by atoms with E-state index in [1.807, 2.05) is 0 Å². The minimum absolute atomic E-state index is 0.0510. The number of aromatic nitrogens is 2. The van der Waals surface area contributed by atoms with Gasteiger partial charge in [-0.3, -0.25) is 0 Å². The number of rotatable bonds is 5. The van der Waals surface area contributed by atoms with Crippen molar-refractivity contribution in [3.63, 3.8) is 0 Å². The molecule has 18 heavy (non-hydrogen) atoms. The van der Waals surface area contributed by atoms with Crippen LogP contribution in [0.3, 0.4) is 0 Å². The SMILES string of the molecule is CCc1ccc(CNc2cnc(C(=O)O)cn2)s1. The number of hydrogen-bond donors (Lipinski definition) is 2. The summed E-state index contributed by atoms with van der Waals surface area (Å²) < 4.78 is 0. The summed E-state index contributed by atoms with van der Waals surface area (Å²) in [5.74, 6) is -0.494. The van der Waals surface area contributed by atoms with Gasteiger partial charge >= 0.3 is 5.97 Å². The number of carboxylic acid groups (broad SMARTS) is 1. The Bertz CT molecular complexity index is 537. The van der Waals surface area contributed by atoms with E-state index in [0.29, 0.717) is 12.4 Å². The van der Waals surface area contributed by atoms with E-state index < -0.39 is 5.97 Å². The Kier molecular flexibility index (Phi) is 3.88. The lowest BCUT2D eigenvalue weighted by Crippen LogP contribution is -2.04. The summed E-state index contributed by atoms with van der Waals surface area (Å²) in [6, 6.07) is 4.19. The van der Waals surface area contributed by atoms with Gasteiger partial charge in [-0.05, 0) is 18.6 Å². The third-order valence-corrected chi connectivity index (χ3v) is 3.61. The number of aromatic carboxylic acids is 1. The average Bonchev–Trinajstić information content (AvgIpc) is 2.85. The van der Waals surface area contributed by atoms with E-state index in [9.17, 15) is 4.79 Å². The van der Waals surface area contributed by atoms with Crippen LogP contribution in [0.15, 0.2) is 24.5 Å². The molecule has 0 saturated carbocycles. The molecule has 5 nitrogen and oxygen atoms in total. The van der Waals surface area contributed by atoms with Gasteiger partial charge in [0.05, 0.1) is 18.9 Å². The summed E-state index contributed by atoms with van der Waals surface area (Å²) in [5.41, 5.74) is -0.0510. The number of carboxylic acids is 1. The molecule has 0 aliphatic heterocycles. The quantitative estimate of drug-likeness (QED) is 0.866. The number of thiophene rings is 1. The van der Waals surface area contributed by atoms with Gasteiger partial charge in [0.1, 0.15) is 5.82 Å². The summed E-state index contributed by atoms with van der Waals surface area (Å²) in [4.78, 5) is 21.0. The molecule has 2 N–H and O–H groups in total. The molecule has 0 radical (unpaired) electrons.